The van der Waals surface area contributed by atoms with Crippen LogP contribution in [0.15, 0.2) is 18.2 Å². The van der Waals surface area contributed by atoms with Gasteiger partial charge in [-0.15, -0.1) is 0 Å². The minimum atomic E-state index is 0.123. The van der Waals surface area contributed by atoms with E-state index in [9.17, 15) is 0 Å². The van der Waals surface area contributed by atoms with E-state index in [1.165, 1.54) is 19.3 Å². The van der Waals surface area contributed by atoms with Crippen LogP contribution < -0.4 is 15.2 Å². The van der Waals surface area contributed by atoms with Crippen LogP contribution in [0.1, 0.15) is 39.5 Å². The summed E-state index contributed by atoms with van der Waals surface area (Å²) in [6.07, 6.45) is 5.40. The van der Waals surface area contributed by atoms with Crippen molar-refractivity contribution in [3.8, 4) is 11.5 Å². The first kappa shape index (κ1) is 13.1. The topological polar surface area (TPSA) is 44.5 Å². The van der Waals surface area contributed by atoms with Gasteiger partial charge in [0.25, 0.3) is 0 Å². The highest BCUT2D eigenvalue weighted by Crippen LogP contribution is 2.31. The first-order valence-electron chi connectivity index (χ1n) is 6.84. The third kappa shape index (κ3) is 3.56. The van der Waals surface area contributed by atoms with E-state index in [0.29, 0.717) is 11.4 Å². The van der Waals surface area contributed by atoms with Gasteiger partial charge in [-0.1, -0.05) is 19.3 Å². The number of hydrogen-bond donors (Lipinski definition) is 1. The van der Waals surface area contributed by atoms with E-state index in [4.69, 9.17) is 15.2 Å². The molecule has 1 aromatic rings. The molecule has 1 aliphatic carbocycles. The molecule has 1 fully saturated rings. The van der Waals surface area contributed by atoms with Gasteiger partial charge in [-0.3, -0.25) is 0 Å². The highest BCUT2D eigenvalue weighted by Gasteiger charge is 2.16. The number of ether oxygens (including phenoxy) is 2. The lowest BCUT2D eigenvalue weighted by Gasteiger charge is -2.25. The smallest absolute Gasteiger partial charge is 0.146 e. The number of nitrogens with two attached hydrogens (primary N) is 1. The van der Waals surface area contributed by atoms with Gasteiger partial charge in [0.1, 0.15) is 11.5 Å². The molecule has 0 saturated heterocycles. The van der Waals surface area contributed by atoms with Crippen LogP contribution in [0.25, 0.3) is 0 Å². The first-order chi connectivity index (χ1) is 8.65. The second kappa shape index (κ2) is 5.98. The third-order valence-corrected chi connectivity index (χ3v) is 3.37. The van der Waals surface area contributed by atoms with Crippen LogP contribution in [0, 0.1) is 5.92 Å². The van der Waals surface area contributed by atoms with E-state index in [0.717, 1.165) is 24.7 Å². The highest BCUT2D eigenvalue weighted by molar-refractivity contribution is 5.55. The molecule has 0 unspecified atom stereocenters. The number of anilines is 1. The molecule has 0 heterocycles. The van der Waals surface area contributed by atoms with Crippen LogP contribution in [0.4, 0.5) is 5.69 Å². The minimum absolute atomic E-state index is 0.123. The summed E-state index contributed by atoms with van der Waals surface area (Å²) < 4.78 is 11.4. The quantitative estimate of drug-likeness (QED) is 0.783. The minimum Gasteiger partial charge on any atom is -0.493 e. The number of benzene rings is 1. The molecule has 3 nitrogen and oxygen atoms in total. The molecule has 1 aromatic carbocycles. The maximum atomic E-state index is 5.86. The SMILES string of the molecule is CC(C)Oc1cc(OCCC2CCC2)ccc1N. The van der Waals surface area contributed by atoms with Crippen LogP contribution in [0.3, 0.4) is 0 Å². The van der Waals surface area contributed by atoms with Crippen molar-refractivity contribution in [2.24, 2.45) is 5.92 Å². The van der Waals surface area contributed by atoms with Crippen molar-refractivity contribution in [1.82, 2.24) is 0 Å². The summed E-state index contributed by atoms with van der Waals surface area (Å²) >= 11 is 0. The van der Waals surface area contributed by atoms with E-state index >= 15 is 0 Å². The standard InChI is InChI=1S/C15H23NO2/c1-11(2)18-15-10-13(6-7-14(15)16)17-9-8-12-4-3-5-12/h6-7,10-12H,3-5,8-9,16H2,1-2H3. The third-order valence-electron chi connectivity index (χ3n) is 3.37. The molecule has 0 spiro atoms. The van der Waals surface area contributed by atoms with Gasteiger partial charge in [0.15, 0.2) is 0 Å². The molecule has 2 rings (SSSR count). The lowest BCUT2D eigenvalue weighted by Crippen LogP contribution is -2.14. The summed E-state index contributed by atoms with van der Waals surface area (Å²) in [4.78, 5) is 0. The largest absolute Gasteiger partial charge is 0.493 e. The molecule has 2 N–H and O–H groups in total. The van der Waals surface area contributed by atoms with Crippen molar-refractivity contribution in [3.05, 3.63) is 18.2 Å². The molecule has 1 saturated carbocycles. The van der Waals surface area contributed by atoms with E-state index < -0.39 is 0 Å². The Balaban J connectivity index is 1.87. The van der Waals surface area contributed by atoms with Crippen LogP contribution in [0.5, 0.6) is 11.5 Å². The monoisotopic (exact) mass is 249 g/mol. The molecule has 1 aliphatic rings. The number of nitrogen functional groups attached to an aromatic ring is 1. The van der Waals surface area contributed by atoms with Crippen LogP contribution in [0.2, 0.25) is 0 Å². The second-order valence-electron chi connectivity index (χ2n) is 5.30. The Morgan fingerprint density at radius 1 is 1.33 bits per heavy atom. The molecule has 18 heavy (non-hydrogen) atoms. The Morgan fingerprint density at radius 2 is 2.11 bits per heavy atom. The molecule has 0 aliphatic heterocycles. The van der Waals surface area contributed by atoms with Crippen molar-refractivity contribution < 1.29 is 9.47 Å². The molecule has 0 radical (unpaired) electrons. The predicted octanol–water partition coefficient (Wildman–Crippen LogP) is 3.63. The predicted molar refractivity (Wildman–Crippen MR) is 74.1 cm³/mol. The molecule has 0 amide bonds. The van der Waals surface area contributed by atoms with Gasteiger partial charge in [0.05, 0.1) is 18.4 Å². The van der Waals surface area contributed by atoms with Gasteiger partial charge in [-0.25, -0.2) is 0 Å². The Kier molecular flexibility index (Phi) is 4.34. The van der Waals surface area contributed by atoms with Gasteiger partial charge in [-0.05, 0) is 38.3 Å². The Morgan fingerprint density at radius 3 is 2.72 bits per heavy atom. The van der Waals surface area contributed by atoms with E-state index in [1.54, 1.807) is 0 Å². The summed E-state index contributed by atoms with van der Waals surface area (Å²) in [5, 5.41) is 0. The maximum absolute atomic E-state index is 5.86. The number of hydrogen-bond acceptors (Lipinski definition) is 3. The zero-order valence-electron chi connectivity index (χ0n) is 11.3. The zero-order chi connectivity index (χ0) is 13.0. The molecule has 100 valence electrons. The average molecular weight is 249 g/mol. The van der Waals surface area contributed by atoms with Crippen LogP contribution in [-0.2, 0) is 0 Å². The molecule has 0 atom stereocenters. The van der Waals surface area contributed by atoms with E-state index in [2.05, 4.69) is 0 Å². The van der Waals surface area contributed by atoms with Crippen molar-refractivity contribution >= 4 is 5.69 Å². The van der Waals surface area contributed by atoms with Gasteiger partial charge in [-0.2, -0.15) is 0 Å². The molecule has 0 aromatic heterocycles. The summed E-state index contributed by atoms with van der Waals surface area (Å²) in [6, 6.07) is 5.63. The van der Waals surface area contributed by atoms with Gasteiger partial charge in [0.2, 0.25) is 0 Å². The average Bonchev–Trinajstić information content (AvgIpc) is 2.25. The Bertz CT molecular complexity index is 386. The molecular formula is C15H23NO2. The summed E-state index contributed by atoms with van der Waals surface area (Å²) in [7, 11) is 0. The fraction of sp³-hybridized carbons (Fsp3) is 0.600. The van der Waals surface area contributed by atoms with Gasteiger partial charge < -0.3 is 15.2 Å². The Hall–Kier alpha value is -1.38. The van der Waals surface area contributed by atoms with Crippen molar-refractivity contribution in [3.63, 3.8) is 0 Å². The Labute approximate surface area is 109 Å². The van der Waals surface area contributed by atoms with Crippen molar-refractivity contribution in [2.45, 2.75) is 45.6 Å². The van der Waals surface area contributed by atoms with Gasteiger partial charge >= 0.3 is 0 Å². The molecular weight excluding hydrogens is 226 g/mol. The zero-order valence-corrected chi connectivity index (χ0v) is 11.3. The highest BCUT2D eigenvalue weighted by atomic mass is 16.5. The second-order valence-corrected chi connectivity index (χ2v) is 5.30. The summed E-state index contributed by atoms with van der Waals surface area (Å²) in [5.41, 5.74) is 6.53. The van der Waals surface area contributed by atoms with Crippen LogP contribution in [-0.4, -0.2) is 12.7 Å². The molecule has 3 heteroatoms. The van der Waals surface area contributed by atoms with Gasteiger partial charge in [0, 0.05) is 6.07 Å². The molecule has 0 bridgehead atoms. The normalized spacial score (nSPS) is 15.5. The first-order valence-corrected chi connectivity index (χ1v) is 6.84. The van der Waals surface area contributed by atoms with E-state index in [-0.39, 0.29) is 6.10 Å². The lowest BCUT2D eigenvalue weighted by molar-refractivity contribution is 0.219. The fourth-order valence-corrected chi connectivity index (χ4v) is 2.09. The summed E-state index contributed by atoms with van der Waals surface area (Å²) in [5.74, 6) is 2.44. The van der Waals surface area contributed by atoms with Crippen molar-refractivity contribution in [2.75, 3.05) is 12.3 Å². The summed E-state index contributed by atoms with van der Waals surface area (Å²) in [6.45, 7) is 4.77. The van der Waals surface area contributed by atoms with Crippen LogP contribution >= 0.6 is 0 Å². The fourth-order valence-electron chi connectivity index (χ4n) is 2.09. The lowest BCUT2D eigenvalue weighted by atomic mass is 9.83. The number of rotatable bonds is 6. The van der Waals surface area contributed by atoms with Crippen molar-refractivity contribution in [1.29, 1.82) is 0 Å². The van der Waals surface area contributed by atoms with E-state index in [1.807, 2.05) is 32.0 Å². The maximum Gasteiger partial charge on any atom is 0.146 e.